The number of ether oxygens (including phenoxy) is 1. The fourth-order valence-corrected chi connectivity index (χ4v) is 1.91. The number of anilines is 1. The molecule has 1 aromatic rings. The Morgan fingerprint density at radius 1 is 1.41 bits per heavy atom. The van der Waals surface area contributed by atoms with E-state index in [4.69, 9.17) is 15.6 Å². The van der Waals surface area contributed by atoms with Gasteiger partial charge in [0.2, 0.25) is 0 Å². The first kappa shape index (κ1) is 12.3. The van der Waals surface area contributed by atoms with Gasteiger partial charge in [0.15, 0.2) is 0 Å². The zero-order valence-electron chi connectivity index (χ0n) is 9.60. The average Bonchev–Trinajstić information content (AvgIpc) is 2.39. The SMILES string of the molecule is NC(CO)c1ccc(F)c(N2CCOCC2)c1. The van der Waals surface area contributed by atoms with Crippen LogP contribution >= 0.6 is 0 Å². The molecule has 0 radical (unpaired) electrons. The minimum atomic E-state index is -0.463. The first-order chi connectivity index (χ1) is 8.22. The molecule has 1 unspecified atom stereocenters. The van der Waals surface area contributed by atoms with Crippen LogP contribution in [0.15, 0.2) is 18.2 Å². The third kappa shape index (κ3) is 2.74. The van der Waals surface area contributed by atoms with E-state index in [9.17, 15) is 4.39 Å². The summed E-state index contributed by atoms with van der Waals surface area (Å²) in [6.45, 7) is 2.42. The number of benzene rings is 1. The predicted octanol–water partition coefficient (Wildman–Crippen LogP) is 0.654. The van der Waals surface area contributed by atoms with Gasteiger partial charge in [-0.05, 0) is 17.7 Å². The normalized spacial score (nSPS) is 18.2. The Morgan fingerprint density at radius 2 is 2.12 bits per heavy atom. The second kappa shape index (κ2) is 5.44. The van der Waals surface area contributed by atoms with Crippen molar-refractivity contribution in [2.75, 3.05) is 37.8 Å². The van der Waals surface area contributed by atoms with Crippen LogP contribution in [0.1, 0.15) is 11.6 Å². The molecule has 0 aliphatic carbocycles. The summed E-state index contributed by atoms with van der Waals surface area (Å²) < 4.78 is 19.0. The maximum atomic E-state index is 13.7. The second-order valence-electron chi connectivity index (χ2n) is 4.10. The number of rotatable bonds is 3. The topological polar surface area (TPSA) is 58.7 Å². The van der Waals surface area contributed by atoms with E-state index in [1.807, 2.05) is 4.90 Å². The van der Waals surface area contributed by atoms with E-state index in [-0.39, 0.29) is 12.4 Å². The van der Waals surface area contributed by atoms with Crippen molar-refractivity contribution in [3.05, 3.63) is 29.6 Å². The van der Waals surface area contributed by atoms with Crippen LogP contribution in [-0.4, -0.2) is 38.0 Å². The smallest absolute Gasteiger partial charge is 0.146 e. The molecule has 1 atom stereocenters. The van der Waals surface area contributed by atoms with E-state index in [0.29, 0.717) is 32.0 Å². The lowest BCUT2D eigenvalue weighted by molar-refractivity contribution is 0.122. The highest BCUT2D eigenvalue weighted by Crippen LogP contribution is 2.24. The van der Waals surface area contributed by atoms with Gasteiger partial charge >= 0.3 is 0 Å². The molecule has 0 bridgehead atoms. The van der Waals surface area contributed by atoms with Gasteiger partial charge in [0, 0.05) is 13.1 Å². The number of hydrogen-bond acceptors (Lipinski definition) is 4. The van der Waals surface area contributed by atoms with Crippen molar-refractivity contribution >= 4 is 5.69 Å². The summed E-state index contributed by atoms with van der Waals surface area (Å²) in [5.74, 6) is -0.263. The quantitative estimate of drug-likeness (QED) is 0.814. The summed E-state index contributed by atoms with van der Waals surface area (Å²) in [6, 6.07) is 4.26. The maximum absolute atomic E-state index is 13.7. The Hall–Kier alpha value is -1.17. The Kier molecular flexibility index (Phi) is 3.93. The van der Waals surface area contributed by atoms with Crippen molar-refractivity contribution in [2.24, 2.45) is 5.73 Å². The van der Waals surface area contributed by atoms with Crippen molar-refractivity contribution in [2.45, 2.75) is 6.04 Å². The minimum Gasteiger partial charge on any atom is -0.394 e. The molecular formula is C12H17FN2O2. The molecule has 1 aliphatic rings. The number of nitrogens with zero attached hydrogens (tertiary/aromatic N) is 1. The standard InChI is InChI=1S/C12H17FN2O2/c13-10-2-1-9(11(14)8-16)7-12(10)15-3-5-17-6-4-15/h1-2,7,11,16H,3-6,8,14H2. The van der Waals surface area contributed by atoms with Crippen molar-refractivity contribution in [1.82, 2.24) is 0 Å². The Morgan fingerprint density at radius 3 is 2.76 bits per heavy atom. The van der Waals surface area contributed by atoms with Crippen LogP contribution in [0.4, 0.5) is 10.1 Å². The van der Waals surface area contributed by atoms with Gasteiger partial charge in [0.05, 0.1) is 31.5 Å². The third-order valence-electron chi connectivity index (χ3n) is 2.95. The molecule has 94 valence electrons. The zero-order valence-corrected chi connectivity index (χ0v) is 9.60. The summed E-state index contributed by atoms with van der Waals surface area (Å²) in [4.78, 5) is 1.94. The Bertz CT molecular complexity index is 381. The molecule has 1 fully saturated rings. The molecule has 0 saturated carbocycles. The van der Waals surface area contributed by atoms with E-state index in [1.54, 1.807) is 12.1 Å². The highest BCUT2D eigenvalue weighted by Gasteiger charge is 2.16. The molecule has 0 spiro atoms. The van der Waals surface area contributed by atoms with Gasteiger partial charge < -0.3 is 20.5 Å². The van der Waals surface area contributed by atoms with Gasteiger partial charge in [-0.25, -0.2) is 4.39 Å². The summed E-state index contributed by atoms with van der Waals surface area (Å²) >= 11 is 0. The predicted molar refractivity (Wildman–Crippen MR) is 63.4 cm³/mol. The highest BCUT2D eigenvalue weighted by atomic mass is 19.1. The van der Waals surface area contributed by atoms with Crippen molar-refractivity contribution in [3.63, 3.8) is 0 Å². The summed E-state index contributed by atoms with van der Waals surface area (Å²) in [7, 11) is 0. The molecule has 2 rings (SSSR count). The first-order valence-corrected chi connectivity index (χ1v) is 5.71. The van der Waals surface area contributed by atoms with Gasteiger partial charge in [0.1, 0.15) is 5.82 Å². The van der Waals surface area contributed by atoms with E-state index in [0.717, 1.165) is 5.56 Å². The van der Waals surface area contributed by atoms with E-state index in [2.05, 4.69) is 0 Å². The number of nitrogens with two attached hydrogens (primary N) is 1. The molecule has 17 heavy (non-hydrogen) atoms. The largest absolute Gasteiger partial charge is 0.394 e. The summed E-state index contributed by atoms with van der Waals surface area (Å²) in [6.07, 6.45) is 0. The van der Waals surface area contributed by atoms with E-state index >= 15 is 0 Å². The highest BCUT2D eigenvalue weighted by molar-refractivity contribution is 5.51. The molecule has 3 N–H and O–H groups in total. The Labute approximate surface area is 99.8 Å². The van der Waals surface area contributed by atoms with Crippen LogP contribution in [0.2, 0.25) is 0 Å². The molecule has 1 saturated heterocycles. The molecule has 1 aliphatic heterocycles. The van der Waals surface area contributed by atoms with Crippen molar-refractivity contribution < 1.29 is 14.2 Å². The Balaban J connectivity index is 2.25. The molecule has 0 amide bonds. The minimum absolute atomic E-state index is 0.145. The van der Waals surface area contributed by atoms with Crippen LogP contribution in [0, 0.1) is 5.82 Å². The number of aliphatic hydroxyl groups excluding tert-OH is 1. The van der Waals surface area contributed by atoms with E-state index in [1.165, 1.54) is 6.07 Å². The zero-order chi connectivity index (χ0) is 12.3. The van der Waals surface area contributed by atoms with Crippen LogP contribution in [0.3, 0.4) is 0 Å². The lowest BCUT2D eigenvalue weighted by Crippen LogP contribution is -2.36. The van der Waals surface area contributed by atoms with Crippen LogP contribution in [0.25, 0.3) is 0 Å². The monoisotopic (exact) mass is 240 g/mol. The molecule has 1 heterocycles. The average molecular weight is 240 g/mol. The lowest BCUT2D eigenvalue weighted by Gasteiger charge is -2.29. The maximum Gasteiger partial charge on any atom is 0.146 e. The number of morpholine rings is 1. The van der Waals surface area contributed by atoms with Gasteiger partial charge in [-0.3, -0.25) is 0 Å². The van der Waals surface area contributed by atoms with Crippen LogP contribution < -0.4 is 10.6 Å². The van der Waals surface area contributed by atoms with Crippen molar-refractivity contribution in [1.29, 1.82) is 0 Å². The van der Waals surface area contributed by atoms with Crippen LogP contribution in [0.5, 0.6) is 0 Å². The molecule has 5 heteroatoms. The lowest BCUT2D eigenvalue weighted by atomic mass is 10.1. The second-order valence-corrected chi connectivity index (χ2v) is 4.10. The number of hydrogen-bond donors (Lipinski definition) is 2. The molecular weight excluding hydrogens is 223 g/mol. The molecule has 1 aromatic carbocycles. The van der Waals surface area contributed by atoms with E-state index < -0.39 is 6.04 Å². The fraction of sp³-hybridized carbons (Fsp3) is 0.500. The summed E-state index contributed by atoms with van der Waals surface area (Å²) in [5.41, 5.74) is 7.01. The van der Waals surface area contributed by atoms with Gasteiger partial charge in [-0.2, -0.15) is 0 Å². The van der Waals surface area contributed by atoms with Gasteiger partial charge in [-0.1, -0.05) is 6.07 Å². The number of halogens is 1. The number of aliphatic hydroxyl groups is 1. The van der Waals surface area contributed by atoms with Gasteiger partial charge in [-0.15, -0.1) is 0 Å². The van der Waals surface area contributed by atoms with Gasteiger partial charge in [0.25, 0.3) is 0 Å². The molecule has 4 nitrogen and oxygen atoms in total. The van der Waals surface area contributed by atoms with Crippen molar-refractivity contribution in [3.8, 4) is 0 Å². The summed E-state index contributed by atoms with van der Waals surface area (Å²) in [5, 5.41) is 9.01. The van der Waals surface area contributed by atoms with Crippen LogP contribution in [-0.2, 0) is 4.74 Å². The fourth-order valence-electron chi connectivity index (χ4n) is 1.91. The first-order valence-electron chi connectivity index (χ1n) is 5.71. The third-order valence-corrected chi connectivity index (χ3v) is 2.95. The molecule has 0 aromatic heterocycles.